The van der Waals surface area contributed by atoms with Crippen LogP contribution in [-0.2, 0) is 24.1 Å². The van der Waals surface area contributed by atoms with Gasteiger partial charge in [0.05, 0.1) is 13.2 Å². The molecule has 36 heavy (non-hydrogen) atoms. The first-order valence-electron chi connectivity index (χ1n) is 12.8. The second-order valence-corrected chi connectivity index (χ2v) is 9.65. The third kappa shape index (κ3) is 5.24. The van der Waals surface area contributed by atoms with E-state index in [0.717, 1.165) is 49.7 Å². The molecule has 8 heteroatoms. The topological polar surface area (TPSA) is 88.9 Å². The molecule has 0 bridgehead atoms. The van der Waals surface area contributed by atoms with Gasteiger partial charge in [-0.3, -0.25) is 9.69 Å². The van der Waals surface area contributed by atoms with E-state index >= 15 is 0 Å². The number of rotatable bonds is 9. The van der Waals surface area contributed by atoms with Crippen LogP contribution in [0.2, 0.25) is 0 Å². The second kappa shape index (κ2) is 11.1. The average Bonchev–Trinajstić information content (AvgIpc) is 3.37. The van der Waals surface area contributed by atoms with Crippen LogP contribution in [0.5, 0.6) is 0 Å². The van der Waals surface area contributed by atoms with Gasteiger partial charge in [0.2, 0.25) is 0 Å². The fourth-order valence-corrected chi connectivity index (χ4v) is 5.30. The number of hydrogen-bond acceptors (Lipinski definition) is 6. The van der Waals surface area contributed by atoms with Gasteiger partial charge in [-0.2, -0.15) is 0 Å². The largest absolute Gasteiger partial charge is 0.383 e. The van der Waals surface area contributed by atoms with E-state index in [1.807, 2.05) is 12.1 Å². The van der Waals surface area contributed by atoms with Crippen LogP contribution >= 0.6 is 0 Å². The highest BCUT2D eigenvalue weighted by atomic mass is 16.5. The number of fused-ring (bicyclic) bond motifs is 1. The van der Waals surface area contributed by atoms with E-state index in [1.165, 1.54) is 11.1 Å². The van der Waals surface area contributed by atoms with E-state index in [9.17, 15) is 4.79 Å². The molecule has 1 N–H and O–H groups in total. The summed E-state index contributed by atoms with van der Waals surface area (Å²) in [6.45, 7) is 4.93. The lowest BCUT2D eigenvalue weighted by atomic mass is 9.89. The monoisotopic (exact) mass is 486 g/mol. The maximum absolute atomic E-state index is 13.4. The summed E-state index contributed by atoms with van der Waals surface area (Å²) >= 11 is 0. The van der Waals surface area contributed by atoms with Gasteiger partial charge in [0.15, 0.2) is 5.82 Å². The minimum absolute atomic E-state index is 0.0931. The molecule has 2 aromatic carbocycles. The molecular formula is C28H34N6O2. The highest BCUT2D eigenvalue weighted by molar-refractivity contribution is 5.80. The van der Waals surface area contributed by atoms with Gasteiger partial charge in [-0.15, -0.1) is 5.10 Å². The Morgan fingerprint density at radius 1 is 1.08 bits per heavy atom. The lowest BCUT2D eigenvalue weighted by Gasteiger charge is -2.37. The molecule has 0 unspecified atom stereocenters. The van der Waals surface area contributed by atoms with E-state index in [4.69, 9.17) is 4.74 Å². The molecular weight excluding hydrogens is 452 g/mol. The zero-order valence-corrected chi connectivity index (χ0v) is 21.1. The summed E-state index contributed by atoms with van der Waals surface area (Å²) in [7, 11) is 1.67. The number of piperidine rings is 1. The number of ether oxygens (including phenoxy) is 1. The normalized spacial score (nSPS) is 15.9. The number of likely N-dealkylation sites (tertiary alicyclic amines) is 1. The van der Waals surface area contributed by atoms with E-state index in [2.05, 4.69) is 74.8 Å². The number of H-pyrrole nitrogens is 1. The Morgan fingerprint density at radius 3 is 2.64 bits per heavy atom. The fourth-order valence-electron chi connectivity index (χ4n) is 5.30. The van der Waals surface area contributed by atoms with Crippen molar-refractivity contribution in [2.24, 2.45) is 5.92 Å². The Bertz CT molecular complexity index is 1340. The number of aromatic nitrogens is 5. The maximum atomic E-state index is 13.4. The summed E-state index contributed by atoms with van der Waals surface area (Å²) in [4.78, 5) is 18.9. The number of aryl methyl sites for hydroxylation is 1. The molecule has 0 saturated carbocycles. The van der Waals surface area contributed by atoms with Gasteiger partial charge in [0, 0.05) is 18.2 Å². The number of methoxy groups -OCH3 is 1. The number of benzene rings is 2. The highest BCUT2D eigenvalue weighted by Crippen LogP contribution is 2.32. The quantitative estimate of drug-likeness (QED) is 0.387. The van der Waals surface area contributed by atoms with Crippen molar-refractivity contribution in [3.63, 3.8) is 0 Å². The number of nitrogens with one attached hydrogen (secondary N) is 1. The second-order valence-electron chi connectivity index (χ2n) is 9.65. The minimum atomic E-state index is -0.326. The molecule has 0 spiro atoms. The van der Waals surface area contributed by atoms with Gasteiger partial charge >= 0.3 is 0 Å². The third-order valence-corrected chi connectivity index (χ3v) is 7.33. The van der Waals surface area contributed by atoms with Gasteiger partial charge in [0.25, 0.3) is 5.56 Å². The van der Waals surface area contributed by atoms with Crippen LogP contribution in [0, 0.1) is 5.92 Å². The zero-order valence-electron chi connectivity index (χ0n) is 21.1. The summed E-state index contributed by atoms with van der Waals surface area (Å²) in [5, 5.41) is 13.6. The smallest absolute Gasteiger partial charge is 0.253 e. The Balaban J connectivity index is 1.48. The minimum Gasteiger partial charge on any atom is -0.383 e. The van der Waals surface area contributed by atoms with Crippen molar-refractivity contribution in [3.8, 4) is 0 Å². The SMILES string of the molecule is CCc1ccc2[nH]c(=O)c([C@H](c3nnnn3CCOC)N3CCC(Cc4ccccc4)CC3)cc2c1. The van der Waals surface area contributed by atoms with Crippen LogP contribution in [0.4, 0.5) is 0 Å². The van der Waals surface area contributed by atoms with Crippen molar-refractivity contribution < 1.29 is 4.74 Å². The summed E-state index contributed by atoms with van der Waals surface area (Å²) < 4.78 is 7.05. The molecule has 1 atom stereocenters. The van der Waals surface area contributed by atoms with Gasteiger partial charge in [-0.1, -0.05) is 43.3 Å². The first-order chi connectivity index (χ1) is 17.7. The predicted octanol–water partition coefficient (Wildman–Crippen LogP) is 3.77. The van der Waals surface area contributed by atoms with Crippen molar-refractivity contribution >= 4 is 10.9 Å². The van der Waals surface area contributed by atoms with Crippen LogP contribution in [0.3, 0.4) is 0 Å². The molecule has 5 rings (SSSR count). The molecule has 1 aliphatic rings. The van der Waals surface area contributed by atoms with E-state index < -0.39 is 0 Å². The number of nitrogens with zero attached hydrogens (tertiary/aromatic N) is 5. The van der Waals surface area contributed by atoms with Gasteiger partial charge < -0.3 is 9.72 Å². The maximum Gasteiger partial charge on any atom is 0.253 e. The first kappa shape index (κ1) is 24.3. The molecule has 8 nitrogen and oxygen atoms in total. The Morgan fingerprint density at radius 2 is 1.89 bits per heavy atom. The van der Waals surface area contributed by atoms with Crippen LogP contribution in [0.25, 0.3) is 10.9 Å². The highest BCUT2D eigenvalue weighted by Gasteiger charge is 2.33. The molecule has 188 valence electrons. The standard InChI is InChI=1S/C28H34N6O2/c1-3-20-9-10-25-23(18-20)19-24(28(35)29-25)26(27-30-31-32-34(27)15-16-36-2)33-13-11-22(12-14-33)17-21-7-5-4-6-8-21/h4-10,18-19,22,26H,3,11-17H2,1-2H3,(H,29,35)/t26-/m1/s1. The summed E-state index contributed by atoms with van der Waals surface area (Å²) in [6.07, 6.45) is 4.16. The van der Waals surface area contributed by atoms with Gasteiger partial charge in [-0.25, -0.2) is 4.68 Å². The molecule has 0 aliphatic carbocycles. The van der Waals surface area contributed by atoms with E-state index in [1.54, 1.807) is 11.8 Å². The van der Waals surface area contributed by atoms with Crippen molar-refractivity contribution in [2.75, 3.05) is 26.8 Å². The number of pyridine rings is 1. The van der Waals surface area contributed by atoms with Crippen molar-refractivity contribution in [3.05, 3.63) is 87.5 Å². The lowest BCUT2D eigenvalue weighted by molar-refractivity contribution is 0.138. The average molecular weight is 487 g/mol. The van der Waals surface area contributed by atoms with Crippen LogP contribution in [-0.4, -0.2) is 56.9 Å². The number of hydrogen-bond donors (Lipinski definition) is 1. The van der Waals surface area contributed by atoms with E-state index in [0.29, 0.717) is 30.5 Å². The van der Waals surface area contributed by atoms with Crippen LogP contribution < -0.4 is 5.56 Å². The van der Waals surface area contributed by atoms with Gasteiger partial charge in [-0.05, 0) is 89.8 Å². The fraction of sp³-hybridized carbons (Fsp3) is 0.429. The molecule has 1 aliphatic heterocycles. The molecule has 3 heterocycles. The molecule has 1 saturated heterocycles. The molecule has 1 fully saturated rings. The lowest BCUT2D eigenvalue weighted by Crippen LogP contribution is -2.41. The van der Waals surface area contributed by atoms with Crippen molar-refractivity contribution in [2.45, 2.75) is 45.2 Å². The predicted molar refractivity (Wildman–Crippen MR) is 140 cm³/mol. The molecule has 2 aromatic heterocycles. The number of aromatic amines is 1. The molecule has 4 aromatic rings. The third-order valence-electron chi connectivity index (χ3n) is 7.33. The van der Waals surface area contributed by atoms with Gasteiger partial charge in [0.1, 0.15) is 6.04 Å². The molecule has 0 amide bonds. The Kier molecular flexibility index (Phi) is 7.53. The Hall–Kier alpha value is -3.36. The van der Waals surface area contributed by atoms with Crippen molar-refractivity contribution in [1.29, 1.82) is 0 Å². The zero-order chi connectivity index (χ0) is 24.9. The number of tetrazole rings is 1. The first-order valence-corrected chi connectivity index (χ1v) is 12.8. The molecule has 0 radical (unpaired) electrons. The van der Waals surface area contributed by atoms with Crippen LogP contribution in [0.1, 0.15) is 48.3 Å². The summed E-state index contributed by atoms with van der Waals surface area (Å²) in [5.41, 5.74) is 4.06. The Labute approximate surface area is 211 Å². The van der Waals surface area contributed by atoms with Crippen molar-refractivity contribution in [1.82, 2.24) is 30.1 Å². The summed E-state index contributed by atoms with van der Waals surface area (Å²) in [6, 6.07) is 18.6. The van der Waals surface area contributed by atoms with Crippen LogP contribution in [0.15, 0.2) is 59.4 Å². The van der Waals surface area contributed by atoms with E-state index in [-0.39, 0.29) is 11.6 Å². The summed E-state index contributed by atoms with van der Waals surface area (Å²) in [5.74, 6) is 1.31.